The van der Waals surface area contributed by atoms with Crippen LogP contribution in [0.3, 0.4) is 0 Å². The fourth-order valence-corrected chi connectivity index (χ4v) is 4.04. The lowest BCUT2D eigenvalue weighted by molar-refractivity contribution is 0.728. The van der Waals surface area contributed by atoms with E-state index >= 15 is 0 Å². The first-order valence-electron chi connectivity index (χ1n) is 8.63. The Morgan fingerprint density at radius 1 is 1.04 bits per heavy atom. The van der Waals surface area contributed by atoms with Crippen molar-refractivity contribution in [3.8, 4) is 0 Å². The molecule has 2 heterocycles. The van der Waals surface area contributed by atoms with Crippen LogP contribution >= 0.6 is 23.4 Å². The average molecular weight is 413 g/mol. The first kappa shape index (κ1) is 18.6. The zero-order valence-corrected chi connectivity index (χ0v) is 16.6. The van der Waals surface area contributed by atoms with Crippen LogP contribution in [0.5, 0.6) is 0 Å². The van der Waals surface area contributed by atoms with Crippen LogP contribution in [0.2, 0.25) is 5.02 Å². The number of halogens is 1. The molecule has 0 saturated carbocycles. The van der Waals surface area contributed by atoms with Gasteiger partial charge in [-0.25, -0.2) is 9.78 Å². The fourth-order valence-electron chi connectivity index (χ4n) is 2.97. The highest BCUT2D eigenvalue weighted by molar-refractivity contribution is 7.98. The number of aromatic amines is 1. The van der Waals surface area contributed by atoms with Gasteiger partial charge in [0.15, 0.2) is 16.3 Å². The summed E-state index contributed by atoms with van der Waals surface area (Å²) in [6, 6.07) is 17.5. The number of rotatable bonds is 5. The van der Waals surface area contributed by atoms with E-state index in [2.05, 4.69) is 9.97 Å². The van der Waals surface area contributed by atoms with Crippen LogP contribution in [0, 0.1) is 0 Å². The van der Waals surface area contributed by atoms with Crippen LogP contribution in [-0.4, -0.2) is 19.1 Å². The molecular weight excluding hydrogens is 396 g/mol. The average Bonchev–Trinajstić information content (AvgIpc) is 3.05. The molecule has 0 radical (unpaired) electrons. The minimum absolute atomic E-state index is 0.378. The van der Waals surface area contributed by atoms with Gasteiger partial charge < -0.3 is 4.57 Å². The van der Waals surface area contributed by atoms with Crippen LogP contribution in [-0.2, 0) is 19.3 Å². The summed E-state index contributed by atoms with van der Waals surface area (Å²) < 4.78 is 3.23. The van der Waals surface area contributed by atoms with Crippen LogP contribution in [0.4, 0.5) is 0 Å². The number of thioether (sulfide) groups is 1. The normalized spacial score (nSPS) is 11.2. The van der Waals surface area contributed by atoms with Gasteiger partial charge in [-0.05, 0) is 23.3 Å². The summed E-state index contributed by atoms with van der Waals surface area (Å²) in [4.78, 5) is 31.5. The molecule has 0 unspecified atom stereocenters. The maximum atomic E-state index is 12.5. The molecule has 0 atom stereocenters. The number of nitrogens with one attached hydrogen (secondary N) is 1. The number of aryl methyl sites for hydroxylation is 1. The predicted octanol–water partition coefficient (Wildman–Crippen LogP) is 3.42. The highest BCUT2D eigenvalue weighted by Crippen LogP contribution is 2.26. The summed E-state index contributed by atoms with van der Waals surface area (Å²) in [5.41, 5.74) is 2.00. The van der Waals surface area contributed by atoms with Crippen molar-refractivity contribution in [1.82, 2.24) is 19.1 Å². The van der Waals surface area contributed by atoms with Gasteiger partial charge in [-0.3, -0.25) is 14.3 Å². The smallest absolute Gasteiger partial charge is 0.309 e. The van der Waals surface area contributed by atoms with Gasteiger partial charge in [0.25, 0.3) is 5.56 Å². The molecule has 142 valence electrons. The third kappa shape index (κ3) is 3.63. The Morgan fingerprint density at radius 3 is 2.46 bits per heavy atom. The number of aromatic nitrogens is 4. The van der Waals surface area contributed by atoms with Gasteiger partial charge in [-0.1, -0.05) is 65.8 Å². The van der Waals surface area contributed by atoms with Crippen molar-refractivity contribution in [2.45, 2.75) is 17.5 Å². The Morgan fingerprint density at radius 2 is 1.75 bits per heavy atom. The molecule has 28 heavy (non-hydrogen) atoms. The molecule has 2 aromatic carbocycles. The van der Waals surface area contributed by atoms with Crippen molar-refractivity contribution in [2.24, 2.45) is 7.05 Å². The Balaban J connectivity index is 1.79. The van der Waals surface area contributed by atoms with E-state index in [-0.39, 0.29) is 0 Å². The summed E-state index contributed by atoms with van der Waals surface area (Å²) in [6.07, 6.45) is 0. The Labute approximate surface area is 169 Å². The molecule has 1 N–H and O–H groups in total. The van der Waals surface area contributed by atoms with Crippen LogP contribution in [0.25, 0.3) is 11.2 Å². The van der Waals surface area contributed by atoms with E-state index in [9.17, 15) is 9.59 Å². The highest BCUT2D eigenvalue weighted by Gasteiger charge is 2.18. The number of fused-ring (bicyclic) bond motifs is 1. The first-order chi connectivity index (χ1) is 13.5. The van der Waals surface area contributed by atoms with E-state index in [0.29, 0.717) is 33.6 Å². The summed E-state index contributed by atoms with van der Waals surface area (Å²) in [7, 11) is 1.61. The molecule has 0 spiro atoms. The zero-order chi connectivity index (χ0) is 19.7. The third-order valence-corrected chi connectivity index (χ3v) is 5.74. The molecule has 0 aliphatic heterocycles. The molecule has 8 heteroatoms. The first-order valence-corrected chi connectivity index (χ1v) is 10.00. The topological polar surface area (TPSA) is 72.7 Å². The van der Waals surface area contributed by atoms with Gasteiger partial charge in [0.1, 0.15) is 0 Å². The molecule has 0 fully saturated rings. The second-order valence-electron chi connectivity index (χ2n) is 6.37. The van der Waals surface area contributed by atoms with Gasteiger partial charge in [0, 0.05) is 17.8 Å². The van der Waals surface area contributed by atoms with E-state index in [4.69, 9.17) is 11.6 Å². The van der Waals surface area contributed by atoms with Crippen LogP contribution in [0.15, 0.2) is 69.3 Å². The maximum absolute atomic E-state index is 12.5. The van der Waals surface area contributed by atoms with Crippen molar-refractivity contribution in [3.63, 3.8) is 0 Å². The van der Waals surface area contributed by atoms with Crippen molar-refractivity contribution in [2.75, 3.05) is 0 Å². The van der Waals surface area contributed by atoms with Gasteiger partial charge in [-0.15, -0.1) is 0 Å². The third-order valence-electron chi connectivity index (χ3n) is 4.44. The Kier molecular flexibility index (Phi) is 5.11. The minimum Gasteiger partial charge on any atom is -0.309 e. The van der Waals surface area contributed by atoms with Gasteiger partial charge in [0.2, 0.25) is 0 Å². The number of H-pyrrole nitrogens is 1. The molecule has 0 amide bonds. The van der Waals surface area contributed by atoms with E-state index in [1.165, 1.54) is 16.3 Å². The lowest BCUT2D eigenvalue weighted by Crippen LogP contribution is -2.29. The van der Waals surface area contributed by atoms with Crippen molar-refractivity contribution in [3.05, 3.63) is 91.6 Å². The second-order valence-corrected chi connectivity index (χ2v) is 7.75. The largest absolute Gasteiger partial charge is 0.329 e. The Bertz CT molecular complexity index is 1240. The monoisotopic (exact) mass is 412 g/mol. The van der Waals surface area contributed by atoms with Crippen molar-refractivity contribution < 1.29 is 0 Å². The van der Waals surface area contributed by atoms with E-state index in [1.54, 1.807) is 7.05 Å². The van der Waals surface area contributed by atoms with E-state index in [1.807, 2.05) is 59.2 Å². The number of benzene rings is 2. The summed E-state index contributed by atoms with van der Waals surface area (Å²) in [5.74, 6) is 0.668. The maximum Gasteiger partial charge on any atom is 0.329 e. The van der Waals surface area contributed by atoms with E-state index in [0.717, 1.165) is 11.1 Å². The summed E-state index contributed by atoms with van der Waals surface area (Å²) >= 11 is 7.47. The number of nitrogens with zero attached hydrogens (tertiary/aromatic N) is 3. The van der Waals surface area contributed by atoms with Crippen LogP contribution < -0.4 is 11.2 Å². The lowest BCUT2D eigenvalue weighted by Gasteiger charge is -2.09. The number of imidazole rings is 1. The highest BCUT2D eigenvalue weighted by atomic mass is 35.5. The fraction of sp³-hybridized carbons (Fsp3) is 0.150. The molecule has 0 bridgehead atoms. The molecule has 6 nitrogen and oxygen atoms in total. The van der Waals surface area contributed by atoms with Crippen molar-refractivity contribution >= 4 is 34.5 Å². The van der Waals surface area contributed by atoms with Crippen LogP contribution in [0.1, 0.15) is 11.1 Å². The van der Waals surface area contributed by atoms with E-state index < -0.39 is 11.2 Å². The zero-order valence-electron chi connectivity index (χ0n) is 15.1. The standard InChI is InChI=1S/C20H17ClN4O2S/c1-24-17-16(18(26)23-19(24)27)25(11-13-5-3-2-4-6-13)20(22-17)28-12-14-7-9-15(21)10-8-14/h2-10H,11-12H2,1H3,(H,23,26,27). The van der Waals surface area contributed by atoms with Gasteiger partial charge >= 0.3 is 5.69 Å². The van der Waals surface area contributed by atoms with Crippen molar-refractivity contribution in [1.29, 1.82) is 0 Å². The van der Waals surface area contributed by atoms with Gasteiger partial charge in [-0.2, -0.15) is 0 Å². The lowest BCUT2D eigenvalue weighted by atomic mass is 10.2. The summed E-state index contributed by atoms with van der Waals surface area (Å²) in [5, 5.41) is 1.37. The molecule has 0 saturated heterocycles. The SMILES string of the molecule is Cn1c(=O)[nH]c(=O)c2c1nc(SCc1ccc(Cl)cc1)n2Cc1ccccc1. The molecule has 0 aliphatic rings. The number of hydrogen-bond donors (Lipinski definition) is 1. The predicted molar refractivity (Wildman–Crippen MR) is 112 cm³/mol. The molecule has 4 rings (SSSR count). The second kappa shape index (κ2) is 7.69. The molecule has 2 aromatic heterocycles. The molecule has 0 aliphatic carbocycles. The number of hydrogen-bond acceptors (Lipinski definition) is 4. The quantitative estimate of drug-likeness (QED) is 0.510. The summed E-state index contributed by atoms with van der Waals surface area (Å²) in [6.45, 7) is 0.488. The minimum atomic E-state index is -0.476. The molecule has 4 aromatic rings. The Hall–Kier alpha value is -2.77. The van der Waals surface area contributed by atoms with Gasteiger partial charge in [0.05, 0.1) is 6.54 Å². The molecular formula is C20H17ClN4O2S.